The van der Waals surface area contributed by atoms with Crippen molar-refractivity contribution in [3.05, 3.63) is 118 Å². The van der Waals surface area contributed by atoms with Crippen LogP contribution < -0.4 is 15.2 Å². The Morgan fingerprint density at radius 2 is 1.67 bits per heavy atom. The van der Waals surface area contributed by atoms with Gasteiger partial charge in [-0.15, -0.1) is 0 Å². The van der Waals surface area contributed by atoms with Gasteiger partial charge in [0.25, 0.3) is 11.5 Å². The number of nitrogens with one attached hydrogen (secondary N) is 1. The van der Waals surface area contributed by atoms with Gasteiger partial charge in [0.1, 0.15) is 23.0 Å². The minimum Gasteiger partial charge on any atom is -0.455 e. The van der Waals surface area contributed by atoms with Crippen LogP contribution in [0.3, 0.4) is 0 Å². The first kappa shape index (κ1) is 33.6. The Balaban J connectivity index is 1.62. The number of benzene rings is 4. The molecule has 2 heterocycles. The summed E-state index contributed by atoms with van der Waals surface area (Å²) in [4.78, 5) is 32.4. The third kappa shape index (κ3) is 6.20. The molecule has 0 aliphatic rings. The highest BCUT2D eigenvalue weighted by molar-refractivity contribution is 7.92. The molecule has 2 aromatic heterocycles. The number of amides is 1. The number of ether oxygens (including phenoxy) is 1. The monoisotopic (exact) mass is 682 g/mol. The number of halogens is 1. The van der Waals surface area contributed by atoms with E-state index in [1.807, 2.05) is 31.2 Å². The van der Waals surface area contributed by atoms with Crippen LogP contribution in [-0.4, -0.2) is 57.9 Å². The number of hydrogen-bond acceptors (Lipinski definition) is 7. The maximum Gasteiger partial charge on any atom is 0.262 e. The van der Waals surface area contributed by atoms with E-state index in [1.165, 1.54) is 38.4 Å². The van der Waals surface area contributed by atoms with Gasteiger partial charge in [-0.25, -0.2) is 17.8 Å². The molecule has 49 heavy (non-hydrogen) atoms. The number of furan rings is 1. The Morgan fingerprint density at radius 1 is 1.00 bits per heavy atom. The molecule has 1 atom stereocenters. The standard InChI is InChI=1S/C37H35FN4O6S/c1-21-7-9-23(10-8-21)32(20-47-5)42-22(2)40-30-16-13-25(17-28(30)37(42)44)27-18-29-33(19-31(27)41(4)49(6,45)46)48-35(34(29)36(43)39-3)24-11-14-26(38)15-12-24/h7-19,32H,20H2,1-6H3,(H,39,43)/t32-/m0/s1. The van der Waals surface area contributed by atoms with Crippen molar-refractivity contribution < 1.29 is 26.8 Å². The van der Waals surface area contributed by atoms with E-state index in [1.54, 1.807) is 48.9 Å². The third-order valence-corrected chi connectivity index (χ3v) is 9.88. The number of carbonyl (C=O) groups excluding carboxylic acids is 1. The van der Waals surface area contributed by atoms with Gasteiger partial charge in [-0.2, -0.15) is 0 Å². The summed E-state index contributed by atoms with van der Waals surface area (Å²) in [5.74, 6) is -0.197. The van der Waals surface area contributed by atoms with E-state index in [0.29, 0.717) is 38.8 Å². The highest BCUT2D eigenvalue weighted by atomic mass is 32.2. The molecule has 0 saturated carbocycles. The van der Waals surface area contributed by atoms with Crippen LogP contribution in [0, 0.1) is 19.7 Å². The molecule has 0 fully saturated rings. The molecule has 0 saturated heterocycles. The molecule has 0 aliphatic heterocycles. The largest absolute Gasteiger partial charge is 0.455 e. The summed E-state index contributed by atoms with van der Waals surface area (Å²) in [6.45, 7) is 4.00. The van der Waals surface area contributed by atoms with Gasteiger partial charge in [-0.05, 0) is 67.4 Å². The van der Waals surface area contributed by atoms with Crippen LogP contribution in [0.2, 0.25) is 0 Å². The molecule has 6 rings (SSSR count). The van der Waals surface area contributed by atoms with Gasteiger partial charge in [-0.1, -0.05) is 35.9 Å². The molecule has 10 nitrogen and oxygen atoms in total. The summed E-state index contributed by atoms with van der Waals surface area (Å²) in [6, 6.07) is 21.3. The predicted molar refractivity (Wildman–Crippen MR) is 189 cm³/mol. The summed E-state index contributed by atoms with van der Waals surface area (Å²) in [5, 5.41) is 3.36. The number of aryl methyl sites for hydroxylation is 2. The Labute approximate surface area is 282 Å². The van der Waals surface area contributed by atoms with Crippen LogP contribution in [0.25, 0.3) is 44.3 Å². The fourth-order valence-corrected chi connectivity index (χ4v) is 6.58. The second kappa shape index (κ2) is 12.9. The SMILES string of the molecule is CNC(=O)c1c(-c2ccc(F)cc2)oc2cc(N(C)S(C)(=O)=O)c(-c3ccc4nc(C)n([C@@H](COC)c5ccc(C)cc5)c(=O)c4c3)cc12. The first-order chi connectivity index (χ1) is 23.3. The summed E-state index contributed by atoms with van der Waals surface area (Å²) in [5.41, 5.74) is 4.24. The maximum atomic E-state index is 14.3. The maximum absolute atomic E-state index is 14.3. The van der Waals surface area contributed by atoms with Gasteiger partial charge >= 0.3 is 0 Å². The van der Waals surface area contributed by atoms with Crippen LogP contribution in [0.1, 0.15) is 33.4 Å². The Bertz CT molecular complexity index is 2400. The highest BCUT2D eigenvalue weighted by Crippen LogP contribution is 2.41. The van der Waals surface area contributed by atoms with Crippen molar-refractivity contribution in [3.8, 4) is 22.5 Å². The molecule has 6 aromatic rings. The number of carbonyl (C=O) groups is 1. The van der Waals surface area contributed by atoms with E-state index < -0.39 is 27.8 Å². The lowest BCUT2D eigenvalue weighted by Crippen LogP contribution is -2.31. The lowest BCUT2D eigenvalue weighted by Gasteiger charge is -2.23. The Hall–Kier alpha value is -5.33. The van der Waals surface area contributed by atoms with Crippen molar-refractivity contribution >= 4 is 43.5 Å². The average molecular weight is 683 g/mol. The molecule has 0 spiro atoms. The lowest BCUT2D eigenvalue weighted by molar-refractivity contribution is 0.0964. The fourth-order valence-electron chi connectivity index (χ4n) is 6.07. The molecule has 252 valence electrons. The number of nitrogens with zero attached hydrogens (tertiary/aromatic N) is 3. The van der Waals surface area contributed by atoms with Crippen LogP contribution in [0.4, 0.5) is 10.1 Å². The summed E-state index contributed by atoms with van der Waals surface area (Å²) in [7, 11) is 0.707. The summed E-state index contributed by atoms with van der Waals surface area (Å²) >= 11 is 0. The molecule has 0 aliphatic carbocycles. The molecule has 0 radical (unpaired) electrons. The molecule has 0 unspecified atom stereocenters. The molecular formula is C37H35FN4O6S. The van der Waals surface area contributed by atoms with Crippen LogP contribution in [0.15, 0.2) is 88.1 Å². The van der Waals surface area contributed by atoms with Crippen molar-refractivity contribution in [2.24, 2.45) is 0 Å². The van der Waals surface area contributed by atoms with Crippen molar-refractivity contribution in [1.82, 2.24) is 14.9 Å². The van der Waals surface area contributed by atoms with Crippen LogP contribution >= 0.6 is 0 Å². The zero-order valence-corrected chi connectivity index (χ0v) is 28.7. The van der Waals surface area contributed by atoms with Gasteiger partial charge in [-0.3, -0.25) is 18.5 Å². The lowest BCUT2D eigenvalue weighted by atomic mass is 9.97. The quantitative estimate of drug-likeness (QED) is 0.192. The van der Waals surface area contributed by atoms with E-state index in [-0.39, 0.29) is 34.8 Å². The smallest absolute Gasteiger partial charge is 0.262 e. The second-order valence-electron chi connectivity index (χ2n) is 11.9. The molecule has 1 amide bonds. The first-order valence-corrected chi connectivity index (χ1v) is 17.3. The van der Waals surface area contributed by atoms with Crippen LogP contribution in [-0.2, 0) is 14.8 Å². The van der Waals surface area contributed by atoms with Gasteiger partial charge in [0, 0.05) is 43.8 Å². The van der Waals surface area contributed by atoms with E-state index in [4.69, 9.17) is 14.1 Å². The number of hydrogen-bond donors (Lipinski definition) is 1. The topological polar surface area (TPSA) is 124 Å². The molecule has 12 heteroatoms. The second-order valence-corrected chi connectivity index (χ2v) is 13.9. The van der Waals surface area contributed by atoms with Gasteiger partial charge < -0.3 is 14.5 Å². The Morgan fingerprint density at radius 3 is 2.31 bits per heavy atom. The van der Waals surface area contributed by atoms with Crippen molar-refractivity contribution in [2.45, 2.75) is 19.9 Å². The number of fused-ring (bicyclic) bond motifs is 2. The number of anilines is 1. The molecule has 4 aromatic carbocycles. The van der Waals surface area contributed by atoms with E-state index >= 15 is 0 Å². The molecule has 0 bridgehead atoms. The van der Waals surface area contributed by atoms with Crippen molar-refractivity contribution in [1.29, 1.82) is 0 Å². The zero-order chi connectivity index (χ0) is 35.2. The van der Waals surface area contributed by atoms with Gasteiger partial charge in [0.05, 0.1) is 41.1 Å². The van der Waals surface area contributed by atoms with Crippen molar-refractivity contribution in [3.63, 3.8) is 0 Å². The number of methoxy groups -OCH3 is 1. The summed E-state index contributed by atoms with van der Waals surface area (Å²) < 4.78 is 54.0. The predicted octanol–water partition coefficient (Wildman–Crippen LogP) is 6.22. The number of sulfonamides is 1. The molecular weight excluding hydrogens is 647 g/mol. The minimum absolute atomic E-state index is 0.194. The first-order valence-electron chi connectivity index (χ1n) is 15.4. The van der Waals surface area contributed by atoms with Crippen molar-refractivity contribution in [2.75, 3.05) is 38.4 Å². The van der Waals surface area contributed by atoms with Crippen LogP contribution in [0.5, 0.6) is 0 Å². The van der Waals surface area contributed by atoms with E-state index in [2.05, 4.69) is 5.32 Å². The third-order valence-electron chi connectivity index (χ3n) is 8.69. The number of aromatic nitrogens is 2. The van der Waals surface area contributed by atoms with Gasteiger partial charge in [0.15, 0.2) is 0 Å². The minimum atomic E-state index is -3.77. The zero-order valence-electron chi connectivity index (χ0n) is 27.9. The van der Waals surface area contributed by atoms with E-state index in [0.717, 1.165) is 21.7 Å². The highest BCUT2D eigenvalue weighted by Gasteiger charge is 2.27. The van der Waals surface area contributed by atoms with Gasteiger partial charge in [0.2, 0.25) is 10.0 Å². The van der Waals surface area contributed by atoms with E-state index in [9.17, 15) is 22.4 Å². The summed E-state index contributed by atoms with van der Waals surface area (Å²) in [6.07, 6.45) is 1.08. The molecule has 1 N–H and O–H groups in total. The number of rotatable bonds is 9. The fraction of sp³-hybridized carbons (Fsp3) is 0.216. The Kier molecular flexibility index (Phi) is 8.86. The normalized spacial score (nSPS) is 12.4. The average Bonchev–Trinajstić information content (AvgIpc) is 3.45.